The van der Waals surface area contributed by atoms with Crippen molar-refractivity contribution >= 4 is 5.91 Å². The van der Waals surface area contributed by atoms with Gasteiger partial charge in [0.05, 0.1) is 13.7 Å². The van der Waals surface area contributed by atoms with E-state index in [0.717, 1.165) is 11.3 Å². The van der Waals surface area contributed by atoms with Crippen LogP contribution in [-0.2, 0) is 17.9 Å². The number of alkyl halides is 3. The molecular formula is C20H23F3N2O3. The summed E-state index contributed by atoms with van der Waals surface area (Å²) in [6.45, 7) is 0.631. The van der Waals surface area contributed by atoms with Gasteiger partial charge in [-0.2, -0.15) is 0 Å². The summed E-state index contributed by atoms with van der Waals surface area (Å²) in [5, 5.41) is 0. The topological polar surface area (TPSA) is 42.0 Å². The average Bonchev–Trinajstić information content (AvgIpc) is 2.62. The Kier molecular flexibility index (Phi) is 7.28. The van der Waals surface area contributed by atoms with Crippen LogP contribution in [0.5, 0.6) is 11.5 Å². The minimum absolute atomic E-state index is 0.0625. The Morgan fingerprint density at radius 1 is 1.00 bits per heavy atom. The number of para-hydroxylation sites is 1. The third-order valence-electron chi connectivity index (χ3n) is 4.05. The number of carbonyl (C=O) groups excluding carboxylic acids is 1. The number of benzene rings is 2. The lowest BCUT2D eigenvalue weighted by atomic mass is 10.2. The number of carbonyl (C=O) groups is 1. The summed E-state index contributed by atoms with van der Waals surface area (Å²) in [7, 11) is 4.93. The summed E-state index contributed by atoms with van der Waals surface area (Å²) >= 11 is 0. The van der Waals surface area contributed by atoms with Gasteiger partial charge >= 0.3 is 6.36 Å². The highest BCUT2D eigenvalue weighted by Gasteiger charge is 2.32. The van der Waals surface area contributed by atoms with E-state index in [-0.39, 0.29) is 24.7 Å². The SMILES string of the molecule is COc1ccc(CN(C)C(=O)CN(C)Cc2ccccc2OC(F)(F)F)cc1. The van der Waals surface area contributed by atoms with Crippen LogP contribution in [0.25, 0.3) is 0 Å². The number of likely N-dealkylation sites (N-methyl/N-ethyl adjacent to an activating group) is 2. The highest BCUT2D eigenvalue weighted by Crippen LogP contribution is 2.26. The molecule has 0 aromatic heterocycles. The molecule has 5 nitrogen and oxygen atoms in total. The summed E-state index contributed by atoms with van der Waals surface area (Å²) in [5.74, 6) is 0.325. The van der Waals surface area contributed by atoms with Crippen LogP contribution in [0.3, 0.4) is 0 Å². The maximum Gasteiger partial charge on any atom is 0.573 e. The summed E-state index contributed by atoms with van der Waals surface area (Å²) in [6, 6.07) is 13.3. The normalized spacial score (nSPS) is 11.4. The predicted molar refractivity (Wildman–Crippen MR) is 98.9 cm³/mol. The molecule has 0 saturated heterocycles. The number of halogens is 3. The van der Waals surface area contributed by atoms with Crippen LogP contribution < -0.4 is 9.47 Å². The van der Waals surface area contributed by atoms with Crippen LogP contribution in [0.15, 0.2) is 48.5 Å². The van der Waals surface area contributed by atoms with Crippen molar-refractivity contribution in [2.24, 2.45) is 0 Å². The van der Waals surface area contributed by atoms with Gasteiger partial charge in [-0.1, -0.05) is 30.3 Å². The molecule has 0 unspecified atom stereocenters. The van der Waals surface area contributed by atoms with Gasteiger partial charge in [0.15, 0.2) is 0 Å². The van der Waals surface area contributed by atoms with Crippen molar-refractivity contribution in [2.45, 2.75) is 19.5 Å². The quantitative estimate of drug-likeness (QED) is 0.683. The molecule has 152 valence electrons. The van der Waals surface area contributed by atoms with Crippen molar-refractivity contribution in [2.75, 3.05) is 27.7 Å². The standard InChI is InChI=1S/C20H23F3N2O3/c1-24(13-16-6-4-5-7-18(16)28-20(21,22)23)14-19(26)25(2)12-15-8-10-17(27-3)11-9-15/h4-11H,12-14H2,1-3H3. The average molecular weight is 396 g/mol. The number of hydrogen-bond donors (Lipinski definition) is 0. The molecular weight excluding hydrogens is 373 g/mol. The zero-order chi connectivity index (χ0) is 20.7. The number of hydrogen-bond acceptors (Lipinski definition) is 4. The first-order valence-electron chi connectivity index (χ1n) is 8.57. The Hall–Kier alpha value is -2.74. The molecule has 1 amide bonds. The smallest absolute Gasteiger partial charge is 0.497 e. The van der Waals surface area contributed by atoms with Gasteiger partial charge in [-0.25, -0.2) is 0 Å². The fourth-order valence-corrected chi connectivity index (χ4v) is 2.65. The molecule has 0 atom stereocenters. The second kappa shape index (κ2) is 9.45. The molecule has 8 heteroatoms. The van der Waals surface area contributed by atoms with Crippen molar-refractivity contribution in [3.8, 4) is 11.5 Å². The van der Waals surface area contributed by atoms with Crippen molar-refractivity contribution in [1.82, 2.24) is 9.80 Å². The zero-order valence-electron chi connectivity index (χ0n) is 16.0. The lowest BCUT2D eigenvalue weighted by Crippen LogP contribution is -2.36. The Morgan fingerprint density at radius 3 is 2.25 bits per heavy atom. The molecule has 0 N–H and O–H groups in total. The molecule has 0 bridgehead atoms. The first kappa shape index (κ1) is 21.6. The molecule has 2 rings (SSSR count). The van der Waals surface area contributed by atoms with E-state index in [1.165, 1.54) is 12.1 Å². The van der Waals surface area contributed by atoms with Gasteiger partial charge in [-0.3, -0.25) is 9.69 Å². The molecule has 0 aliphatic rings. The van der Waals surface area contributed by atoms with Crippen LogP contribution in [-0.4, -0.2) is 49.8 Å². The lowest BCUT2D eigenvalue weighted by Gasteiger charge is -2.23. The molecule has 2 aromatic rings. The van der Waals surface area contributed by atoms with Crippen LogP contribution in [0.4, 0.5) is 13.2 Å². The van der Waals surface area contributed by atoms with Crippen LogP contribution >= 0.6 is 0 Å². The summed E-state index contributed by atoms with van der Waals surface area (Å²) in [6.07, 6.45) is -4.76. The molecule has 0 spiro atoms. The number of methoxy groups -OCH3 is 1. The Morgan fingerprint density at radius 2 is 1.64 bits per heavy atom. The summed E-state index contributed by atoms with van der Waals surface area (Å²) < 4.78 is 46.7. The summed E-state index contributed by atoms with van der Waals surface area (Å²) in [5.41, 5.74) is 1.30. The third-order valence-corrected chi connectivity index (χ3v) is 4.05. The zero-order valence-corrected chi connectivity index (χ0v) is 16.0. The Labute approximate surface area is 162 Å². The molecule has 0 radical (unpaired) electrons. The van der Waals surface area contributed by atoms with Gasteiger partial charge in [0.2, 0.25) is 5.91 Å². The molecule has 0 saturated carbocycles. The number of ether oxygens (including phenoxy) is 2. The van der Waals surface area contributed by atoms with E-state index in [4.69, 9.17) is 4.74 Å². The first-order chi connectivity index (χ1) is 13.2. The van der Waals surface area contributed by atoms with Crippen molar-refractivity contribution in [3.63, 3.8) is 0 Å². The lowest BCUT2D eigenvalue weighted by molar-refractivity contribution is -0.275. The highest BCUT2D eigenvalue weighted by atomic mass is 19.4. The van der Waals surface area contributed by atoms with Crippen LogP contribution in [0.1, 0.15) is 11.1 Å². The van der Waals surface area contributed by atoms with Gasteiger partial charge in [-0.15, -0.1) is 13.2 Å². The molecule has 0 heterocycles. The van der Waals surface area contributed by atoms with Crippen LogP contribution in [0, 0.1) is 0 Å². The van der Waals surface area contributed by atoms with E-state index < -0.39 is 6.36 Å². The van der Waals surface area contributed by atoms with Gasteiger partial charge in [0.1, 0.15) is 11.5 Å². The minimum Gasteiger partial charge on any atom is -0.497 e. The minimum atomic E-state index is -4.76. The van der Waals surface area contributed by atoms with E-state index in [1.807, 2.05) is 24.3 Å². The highest BCUT2D eigenvalue weighted by molar-refractivity contribution is 5.78. The molecule has 0 aliphatic heterocycles. The number of nitrogens with zero attached hydrogens (tertiary/aromatic N) is 2. The van der Waals surface area contributed by atoms with E-state index in [1.54, 1.807) is 43.1 Å². The first-order valence-corrected chi connectivity index (χ1v) is 8.57. The number of rotatable bonds is 8. The van der Waals surface area contributed by atoms with E-state index in [0.29, 0.717) is 12.1 Å². The van der Waals surface area contributed by atoms with E-state index >= 15 is 0 Å². The van der Waals surface area contributed by atoms with E-state index in [9.17, 15) is 18.0 Å². The van der Waals surface area contributed by atoms with Crippen LogP contribution in [0.2, 0.25) is 0 Å². The van der Waals surface area contributed by atoms with Crippen molar-refractivity contribution in [3.05, 3.63) is 59.7 Å². The second-order valence-electron chi connectivity index (χ2n) is 6.43. The summed E-state index contributed by atoms with van der Waals surface area (Å²) in [4.78, 5) is 15.6. The van der Waals surface area contributed by atoms with Crippen molar-refractivity contribution in [1.29, 1.82) is 0 Å². The monoisotopic (exact) mass is 396 g/mol. The van der Waals surface area contributed by atoms with Gasteiger partial charge in [0.25, 0.3) is 0 Å². The largest absolute Gasteiger partial charge is 0.573 e. The second-order valence-corrected chi connectivity index (χ2v) is 6.43. The van der Waals surface area contributed by atoms with Gasteiger partial charge in [0, 0.05) is 25.7 Å². The fraction of sp³-hybridized carbons (Fsp3) is 0.350. The predicted octanol–water partition coefficient (Wildman–Crippen LogP) is 3.68. The third kappa shape index (κ3) is 6.77. The van der Waals surface area contributed by atoms with Gasteiger partial charge in [-0.05, 0) is 30.8 Å². The Balaban J connectivity index is 1.93. The molecule has 28 heavy (non-hydrogen) atoms. The fourth-order valence-electron chi connectivity index (χ4n) is 2.65. The Bertz CT molecular complexity index is 779. The number of amides is 1. The molecule has 0 fully saturated rings. The molecule has 2 aromatic carbocycles. The van der Waals surface area contributed by atoms with Gasteiger partial charge < -0.3 is 14.4 Å². The van der Waals surface area contributed by atoms with E-state index in [2.05, 4.69) is 4.74 Å². The van der Waals surface area contributed by atoms with Crippen molar-refractivity contribution < 1.29 is 27.4 Å². The maximum absolute atomic E-state index is 12.5. The molecule has 0 aliphatic carbocycles. The maximum atomic E-state index is 12.5.